The van der Waals surface area contributed by atoms with E-state index in [1.54, 1.807) is 11.3 Å². The van der Waals surface area contributed by atoms with Crippen LogP contribution in [-0.4, -0.2) is 12.5 Å². The van der Waals surface area contributed by atoms with Crippen molar-refractivity contribution in [2.75, 3.05) is 11.9 Å². The van der Waals surface area contributed by atoms with Crippen molar-refractivity contribution in [1.29, 1.82) is 5.26 Å². The van der Waals surface area contributed by atoms with Crippen LogP contribution in [0.5, 0.6) is 5.75 Å². The smallest absolute Gasteiger partial charge is 0.229 e. The molecule has 3 rings (SSSR count). The summed E-state index contributed by atoms with van der Waals surface area (Å²) in [4.78, 5) is 13.5. The largest absolute Gasteiger partial charge is 0.494 e. The van der Waals surface area contributed by atoms with Crippen LogP contribution in [0.1, 0.15) is 34.9 Å². The molecule has 0 aliphatic heterocycles. The van der Waals surface area contributed by atoms with Crippen molar-refractivity contribution in [2.45, 2.75) is 32.6 Å². The second-order valence-electron chi connectivity index (χ2n) is 5.48. The van der Waals surface area contributed by atoms with Crippen LogP contribution in [0.4, 0.5) is 5.00 Å². The van der Waals surface area contributed by atoms with Crippen LogP contribution in [-0.2, 0) is 24.1 Å². The van der Waals surface area contributed by atoms with Gasteiger partial charge < -0.3 is 10.1 Å². The Morgan fingerprint density at radius 1 is 1.35 bits per heavy atom. The van der Waals surface area contributed by atoms with E-state index >= 15 is 0 Å². The third-order valence-electron chi connectivity index (χ3n) is 3.89. The molecular weight excluding hydrogens is 308 g/mol. The lowest BCUT2D eigenvalue weighted by atomic mass is 10.1. The Morgan fingerprint density at radius 2 is 2.13 bits per heavy atom. The van der Waals surface area contributed by atoms with Crippen LogP contribution in [0.2, 0.25) is 0 Å². The van der Waals surface area contributed by atoms with Gasteiger partial charge in [-0.15, -0.1) is 11.3 Å². The summed E-state index contributed by atoms with van der Waals surface area (Å²) in [7, 11) is 0. The molecule has 0 atom stereocenters. The summed E-state index contributed by atoms with van der Waals surface area (Å²) in [6.45, 7) is 2.56. The molecule has 0 fully saturated rings. The number of carbonyl (C=O) groups excluding carboxylic acids is 1. The van der Waals surface area contributed by atoms with E-state index in [0.717, 1.165) is 36.1 Å². The minimum absolute atomic E-state index is 0.0921. The SMILES string of the molecule is CCOc1ccc(CC(=O)Nc2sc3c(c2C#N)CCC3)cc1. The van der Waals surface area contributed by atoms with Crippen molar-refractivity contribution in [3.63, 3.8) is 0 Å². The van der Waals surface area contributed by atoms with Crippen LogP contribution in [0.15, 0.2) is 24.3 Å². The zero-order valence-corrected chi connectivity index (χ0v) is 13.8. The first-order valence-corrected chi connectivity index (χ1v) is 8.59. The van der Waals surface area contributed by atoms with Gasteiger partial charge in [0.15, 0.2) is 0 Å². The molecule has 1 amide bonds. The summed E-state index contributed by atoms with van der Waals surface area (Å²) in [5.74, 6) is 0.712. The molecule has 0 unspecified atom stereocenters. The highest BCUT2D eigenvalue weighted by Crippen LogP contribution is 2.38. The molecule has 0 spiro atoms. The second-order valence-corrected chi connectivity index (χ2v) is 6.58. The third-order valence-corrected chi connectivity index (χ3v) is 5.09. The summed E-state index contributed by atoms with van der Waals surface area (Å²) in [6, 6.07) is 9.77. The van der Waals surface area contributed by atoms with Gasteiger partial charge in [0.05, 0.1) is 18.6 Å². The Hall–Kier alpha value is -2.32. The second kappa shape index (κ2) is 6.84. The number of amides is 1. The van der Waals surface area contributed by atoms with Crippen molar-refractivity contribution in [3.8, 4) is 11.8 Å². The number of nitrogens with one attached hydrogen (secondary N) is 1. The molecule has 0 bridgehead atoms. The highest BCUT2D eigenvalue weighted by molar-refractivity contribution is 7.16. The molecule has 4 nitrogen and oxygen atoms in total. The predicted molar refractivity (Wildman–Crippen MR) is 91.0 cm³/mol. The molecule has 2 aromatic rings. The van der Waals surface area contributed by atoms with Crippen molar-refractivity contribution in [3.05, 3.63) is 45.8 Å². The van der Waals surface area contributed by atoms with Crippen molar-refractivity contribution < 1.29 is 9.53 Å². The maximum Gasteiger partial charge on any atom is 0.229 e. The maximum atomic E-state index is 12.2. The molecule has 0 radical (unpaired) electrons. The normalized spacial score (nSPS) is 12.5. The number of benzene rings is 1. The zero-order chi connectivity index (χ0) is 16.2. The number of thiophene rings is 1. The van der Waals surface area contributed by atoms with Crippen molar-refractivity contribution in [1.82, 2.24) is 0 Å². The fourth-order valence-electron chi connectivity index (χ4n) is 2.84. The van der Waals surface area contributed by atoms with E-state index in [-0.39, 0.29) is 5.91 Å². The number of hydrogen-bond acceptors (Lipinski definition) is 4. The maximum absolute atomic E-state index is 12.2. The lowest BCUT2D eigenvalue weighted by molar-refractivity contribution is -0.115. The number of nitrogens with zero attached hydrogens (tertiary/aromatic N) is 1. The monoisotopic (exact) mass is 326 g/mol. The van der Waals surface area contributed by atoms with Gasteiger partial charge in [0.2, 0.25) is 5.91 Å². The number of rotatable bonds is 5. The molecule has 23 heavy (non-hydrogen) atoms. The number of aryl methyl sites for hydroxylation is 1. The molecule has 0 saturated heterocycles. The Labute approximate surface area is 139 Å². The van der Waals surface area contributed by atoms with Crippen LogP contribution in [0.3, 0.4) is 0 Å². The van der Waals surface area contributed by atoms with Gasteiger partial charge >= 0.3 is 0 Å². The molecule has 1 N–H and O–H groups in total. The number of nitriles is 1. The van der Waals surface area contributed by atoms with E-state index in [1.165, 1.54) is 4.88 Å². The third kappa shape index (κ3) is 3.38. The summed E-state index contributed by atoms with van der Waals surface area (Å²) in [6.07, 6.45) is 3.36. The number of anilines is 1. The molecule has 1 aliphatic carbocycles. The quantitative estimate of drug-likeness (QED) is 0.911. The number of carbonyl (C=O) groups is 1. The molecule has 118 valence electrons. The predicted octanol–water partition coefficient (Wildman–Crippen LogP) is 3.69. The first-order valence-electron chi connectivity index (χ1n) is 7.77. The standard InChI is InChI=1S/C18H18N2O2S/c1-2-22-13-8-6-12(7-9-13)10-17(21)20-18-15(11-19)14-4-3-5-16(14)23-18/h6-9H,2-5,10H2,1H3,(H,20,21). The minimum atomic E-state index is -0.0921. The summed E-state index contributed by atoms with van der Waals surface area (Å²) in [5, 5.41) is 13.0. The fraction of sp³-hybridized carbons (Fsp3) is 0.333. The lowest BCUT2D eigenvalue weighted by Crippen LogP contribution is -2.14. The van der Waals surface area contributed by atoms with E-state index in [4.69, 9.17) is 4.74 Å². The molecule has 1 heterocycles. The Morgan fingerprint density at radius 3 is 2.83 bits per heavy atom. The van der Waals surface area contributed by atoms with Gasteiger partial charge in [-0.3, -0.25) is 4.79 Å². The Kier molecular flexibility index (Phi) is 4.63. The summed E-state index contributed by atoms with van der Waals surface area (Å²) < 4.78 is 5.39. The lowest BCUT2D eigenvalue weighted by Gasteiger charge is -2.06. The molecule has 5 heteroatoms. The van der Waals surface area contributed by atoms with Crippen LogP contribution in [0, 0.1) is 11.3 Å². The number of hydrogen-bond donors (Lipinski definition) is 1. The van der Waals surface area contributed by atoms with E-state index in [0.29, 0.717) is 23.6 Å². The highest BCUT2D eigenvalue weighted by atomic mass is 32.1. The first-order chi connectivity index (χ1) is 11.2. The van der Waals surface area contributed by atoms with E-state index in [2.05, 4.69) is 11.4 Å². The summed E-state index contributed by atoms with van der Waals surface area (Å²) >= 11 is 1.55. The Bertz CT molecular complexity index is 757. The molecule has 1 aliphatic rings. The molecular formula is C18H18N2O2S. The van der Waals surface area contributed by atoms with Gasteiger partial charge in [-0.25, -0.2) is 0 Å². The van der Waals surface area contributed by atoms with Gasteiger partial charge in [-0.1, -0.05) is 12.1 Å². The topological polar surface area (TPSA) is 62.1 Å². The van der Waals surface area contributed by atoms with E-state index in [1.807, 2.05) is 31.2 Å². The van der Waals surface area contributed by atoms with Crippen molar-refractivity contribution in [2.24, 2.45) is 0 Å². The number of ether oxygens (including phenoxy) is 1. The zero-order valence-electron chi connectivity index (χ0n) is 13.0. The average Bonchev–Trinajstić information content (AvgIpc) is 3.10. The molecule has 1 aromatic carbocycles. The van der Waals surface area contributed by atoms with Gasteiger partial charge in [0.25, 0.3) is 0 Å². The first kappa shape index (κ1) is 15.6. The van der Waals surface area contributed by atoms with Crippen molar-refractivity contribution >= 4 is 22.2 Å². The van der Waals surface area contributed by atoms with Crippen LogP contribution >= 0.6 is 11.3 Å². The van der Waals surface area contributed by atoms with E-state index < -0.39 is 0 Å². The minimum Gasteiger partial charge on any atom is -0.494 e. The van der Waals surface area contributed by atoms with Gasteiger partial charge in [-0.05, 0) is 49.4 Å². The van der Waals surface area contributed by atoms with Gasteiger partial charge in [0.1, 0.15) is 16.8 Å². The van der Waals surface area contributed by atoms with Crippen LogP contribution < -0.4 is 10.1 Å². The van der Waals surface area contributed by atoms with E-state index in [9.17, 15) is 10.1 Å². The van der Waals surface area contributed by atoms with Crippen LogP contribution in [0.25, 0.3) is 0 Å². The Balaban J connectivity index is 1.67. The average molecular weight is 326 g/mol. The highest BCUT2D eigenvalue weighted by Gasteiger charge is 2.23. The molecule has 0 saturated carbocycles. The number of fused-ring (bicyclic) bond motifs is 1. The van der Waals surface area contributed by atoms with Gasteiger partial charge in [-0.2, -0.15) is 5.26 Å². The summed E-state index contributed by atoms with van der Waals surface area (Å²) in [5.41, 5.74) is 2.71. The van der Waals surface area contributed by atoms with Gasteiger partial charge in [0, 0.05) is 4.88 Å². The molecule has 1 aromatic heterocycles. The fourth-order valence-corrected chi connectivity index (χ4v) is 4.09.